The second kappa shape index (κ2) is 6.12. The average Bonchev–Trinajstić information content (AvgIpc) is 2.95. The minimum atomic E-state index is -0.753. The molecule has 1 saturated heterocycles. The monoisotopic (exact) mass is 254 g/mol. The lowest BCUT2D eigenvalue weighted by atomic mass is 10.2. The van der Waals surface area contributed by atoms with Crippen molar-refractivity contribution in [2.45, 2.75) is 32.1 Å². The van der Waals surface area contributed by atoms with E-state index in [0.29, 0.717) is 6.42 Å². The molecule has 0 saturated carbocycles. The number of thiazole rings is 1. The minimum absolute atomic E-state index is 0.176. The predicted octanol–water partition coefficient (Wildman–Crippen LogP) is 1.80. The maximum absolute atomic E-state index is 10.4. The van der Waals surface area contributed by atoms with Crippen molar-refractivity contribution in [3.8, 4) is 0 Å². The van der Waals surface area contributed by atoms with Crippen LogP contribution in [0.25, 0.3) is 0 Å². The largest absolute Gasteiger partial charge is 0.481 e. The molecule has 1 aromatic rings. The van der Waals surface area contributed by atoms with Crippen LogP contribution in [0.5, 0.6) is 0 Å². The highest BCUT2D eigenvalue weighted by Crippen LogP contribution is 2.14. The highest BCUT2D eigenvalue weighted by atomic mass is 32.1. The van der Waals surface area contributed by atoms with Gasteiger partial charge in [0, 0.05) is 24.8 Å². The summed E-state index contributed by atoms with van der Waals surface area (Å²) in [4.78, 5) is 17.4. The van der Waals surface area contributed by atoms with E-state index >= 15 is 0 Å². The summed E-state index contributed by atoms with van der Waals surface area (Å²) < 4.78 is 0. The highest BCUT2D eigenvalue weighted by molar-refractivity contribution is 7.09. The molecule has 94 valence electrons. The number of aromatic nitrogens is 1. The van der Waals surface area contributed by atoms with Gasteiger partial charge in [0.05, 0.1) is 17.1 Å². The molecular formula is C12H18N2O2S. The van der Waals surface area contributed by atoms with Gasteiger partial charge >= 0.3 is 5.97 Å². The Kier molecular flexibility index (Phi) is 4.50. The Morgan fingerprint density at radius 2 is 2.18 bits per heavy atom. The molecule has 0 aliphatic carbocycles. The molecule has 1 aliphatic heterocycles. The molecule has 1 fully saturated rings. The summed E-state index contributed by atoms with van der Waals surface area (Å²) in [5.74, 6) is -0.753. The molecule has 0 aromatic carbocycles. The number of aryl methyl sites for hydroxylation is 1. The van der Waals surface area contributed by atoms with Gasteiger partial charge in [0.2, 0.25) is 0 Å². The van der Waals surface area contributed by atoms with Crippen LogP contribution in [0.1, 0.15) is 30.0 Å². The minimum Gasteiger partial charge on any atom is -0.481 e. The van der Waals surface area contributed by atoms with Crippen molar-refractivity contribution in [1.29, 1.82) is 0 Å². The van der Waals surface area contributed by atoms with Crippen LogP contribution < -0.4 is 0 Å². The lowest BCUT2D eigenvalue weighted by molar-refractivity contribution is -0.136. The highest BCUT2D eigenvalue weighted by Gasteiger charge is 2.12. The van der Waals surface area contributed by atoms with Crippen molar-refractivity contribution in [2.24, 2.45) is 0 Å². The van der Waals surface area contributed by atoms with Gasteiger partial charge in [0.1, 0.15) is 0 Å². The molecule has 0 amide bonds. The van der Waals surface area contributed by atoms with E-state index in [9.17, 15) is 4.79 Å². The molecular weight excluding hydrogens is 236 g/mol. The normalized spacial score (nSPS) is 16.5. The lowest BCUT2D eigenvalue weighted by Crippen LogP contribution is -2.21. The summed E-state index contributed by atoms with van der Waals surface area (Å²) >= 11 is 1.65. The molecule has 2 heterocycles. The molecule has 1 aromatic heterocycles. The number of carboxylic acids is 1. The molecule has 1 N–H and O–H groups in total. The number of likely N-dealkylation sites (tertiary alicyclic amines) is 1. The smallest absolute Gasteiger partial charge is 0.303 e. The quantitative estimate of drug-likeness (QED) is 0.841. The first kappa shape index (κ1) is 12.5. The Balaban J connectivity index is 1.75. The third-order valence-electron chi connectivity index (χ3n) is 3.03. The fourth-order valence-corrected chi connectivity index (χ4v) is 2.90. The van der Waals surface area contributed by atoms with Crippen LogP contribution in [0, 0.1) is 0 Å². The van der Waals surface area contributed by atoms with Crippen LogP contribution in [-0.4, -0.2) is 40.6 Å². The maximum Gasteiger partial charge on any atom is 0.303 e. The topological polar surface area (TPSA) is 53.4 Å². The molecule has 0 spiro atoms. The van der Waals surface area contributed by atoms with Crippen molar-refractivity contribution in [3.63, 3.8) is 0 Å². The zero-order valence-electron chi connectivity index (χ0n) is 9.89. The van der Waals surface area contributed by atoms with Crippen LogP contribution >= 0.6 is 11.3 Å². The lowest BCUT2D eigenvalue weighted by Gasteiger charge is -2.12. The maximum atomic E-state index is 10.4. The van der Waals surface area contributed by atoms with Crippen LogP contribution in [0.4, 0.5) is 0 Å². The van der Waals surface area contributed by atoms with E-state index in [4.69, 9.17) is 5.11 Å². The van der Waals surface area contributed by atoms with E-state index in [2.05, 4.69) is 9.88 Å². The summed E-state index contributed by atoms with van der Waals surface area (Å²) in [6.07, 6.45) is 4.37. The number of hydrogen-bond donors (Lipinski definition) is 1. The van der Waals surface area contributed by atoms with E-state index < -0.39 is 5.97 Å². The van der Waals surface area contributed by atoms with Gasteiger partial charge in [-0.2, -0.15) is 0 Å². The number of hydrogen-bond acceptors (Lipinski definition) is 4. The molecule has 0 radical (unpaired) electrons. The summed E-state index contributed by atoms with van der Waals surface area (Å²) in [7, 11) is 0. The number of carbonyl (C=O) groups is 1. The Labute approximate surface area is 105 Å². The number of rotatable bonds is 6. The van der Waals surface area contributed by atoms with Gasteiger partial charge in [-0.05, 0) is 25.9 Å². The summed E-state index contributed by atoms with van der Waals surface area (Å²) in [5.41, 5.74) is 0.925. The van der Waals surface area contributed by atoms with Crippen LogP contribution in [0.3, 0.4) is 0 Å². The summed E-state index contributed by atoms with van der Waals surface area (Å²) in [6.45, 7) is 3.53. The fourth-order valence-electron chi connectivity index (χ4n) is 2.07. The van der Waals surface area contributed by atoms with Crippen molar-refractivity contribution < 1.29 is 9.90 Å². The van der Waals surface area contributed by atoms with Crippen molar-refractivity contribution in [1.82, 2.24) is 9.88 Å². The zero-order valence-corrected chi connectivity index (χ0v) is 10.7. The third kappa shape index (κ3) is 4.09. The number of aliphatic carboxylic acids is 1. The zero-order chi connectivity index (χ0) is 12.1. The molecule has 1 aliphatic rings. The molecule has 2 rings (SSSR count). The van der Waals surface area contributed by atoms with Gasteiger partial charge in [-0.15, -0.1) is 11.3 Å². The van der Waals surface area contributed by atoms with Gasteiger partial charge < -0.3 is 10.0 Å². The molecule has 5 heteroatoms. The van der Waals surface area contributed by atoms with Crippen molar-refractivity contribution in [2.75, 3.05) is 19.6 Å². The van der Waals surface area contributed by atoms with E-state index in [1.807, 2.05) is 5.38 Å². The second-order valence-electron chi connectivity index (χ2n) is 4.43. The molecule has 0 bridgehead atoms. The van der Waals surface area contributed by atoms with Gasteiger partial charge in [-0.25, -0.2) is 4.98 Å². The average molecular weight is 254 g/mol. The van der Waals surface area contributed by atoms with Crippen LogP contribution in [0.15, 0.2) is 5.38 Å². The van der Waals surface area contributed by atoms with Gasteiger partial charge in [0.25, 0.3) is 0 Å². The first-order valence-electron chi connectivity index (χ1n) is 6.11. The molecule has 0 unspecified atom stereocenters. The third-order valence-corrected chi connectivity index (χ3v) is 3.99. The number of nitrogens with zero attached hydrogens (tertiary/aromatic N) is 2. The van der Waals surface area contributed by atoms with Gasteiger partial charge in [-0.3, -0.25) is 4.79 Å². The summed E-state index contributed by atoms with van der Waals surface area (Å²) in [5, 5.41) is 11.7. The fraction of sp³-hybridized carbons (Fsp3) is 0.667. The Morgan fingerprint density at radius 3 is 2.88 bits per heavy atom. The SMILES string of the molecule is O=C(O)CCc1csc(CCN2CCCC2)n1. The molecule has 4 nitrogen and oxygen atoms in total. The molecule has 17 heavy (non-hydrogen) atoms. The Bertz CT molecular complexity index is 372. The van der Waals surface area contributed by atoms with E-state index in [0.717, 1.165) is 23.7 Å². The summed E-state index contributed by atoms with van der Waals surface area (Å²) in [6, 6.07) is 0. The number of carboxylic acid groups (broad SMARTS) is 1. The first-order chi connectivity index (χ1) is 8.24. The van der Waals surface area contributed by atoms with Gasteiger partial charge in [0.15, 0.2) is 0 Å². The first-order valence-corrected chi connectivity index (χ1v) is 6.99. The standard InChI is InChI=1S/C12H18N2O2S/c15-12(16)4-3-10-9-17-11(13-10)5-8-14-6-1-2-7-14/h9H,1-8H2,(H,15,16). The van der Waals surface area contributed by atoms with Crippen LogP contribution in [-0.2, 0) is 17.6 Å². The van der Waals surface area contributed by atoms with Gasteiger partial charge in [-0.1, -0.05) is 0 Å². The Hall–Kier alpha value is -0.940. The van der Waals surface area contributed by atoms with E-state index in [-0.39, 0.29) is 6.42 Å². The van der Waals surface area contributed by atoms with Crippen molar-refractivity contribution >= 4 is 17.3 Å². The Morgan fingerprint density at radius 1 is 1.41 bits per heavy atom. The second-order valence-corrected chi connectivity index (χ2v) is 5.37. The van der Waals surface area contributed by atoms with E-state index in [1.165, 1.54) is 25.9 Å². The van der Waals surface area contributed by atoms with Crippen molar-refractivity contribution in [3.05, 3.63) is 16.1 Å². The van der Waals surface area contributed by atoms with E-state index in [1.54, 1.807) is 11.3 Å². The molecule has 0 atom stereocenters. The predicted molar refractivity (Wildman–Crippen MR) is 67.4 cm³/mol. The van der Waals surface area contributed by atoms with Crippen LogP contribution in [0.2, 0.25) is 0 Å².